The monoisotopic (exact) mass is 181 g/mol. The van der Waals surface area contributed by atoms with Gasteiger partial charge in [0.05, 0.1) is 23.7 Å². The number of anilines is 2. The van der Waals surface area contributed by atoms with Gasteiger partial charge in [0.15, 0.2) is 0 Å². The fraction of sp³-hybridized carbons (Fsp3) is 0.444. The van der Waals surface area contributed by atoms with Crippen LogP contribution in [0.2, 0.25) is 0 Å². The zero-order chi connectivity index (χ0) is 9.68. The van der Waals surface area contributed by atoms with Crippen molar-refractivity contribution in [1.29, 1.82) is 0 Å². The Morgan fingerprint density at radius 2 is 2.38 bits per heavy atom. The standard InChI is InChI=1S/C9H15N3O/c1-2-9(13)6-12-8-3-7(10)4-11-5-8/h3-5,9,12-13H,2,6,10H2,1H3. The lowest BCUT2D eigenvalue weighted by atomic mass is 10.2. The van der Waals surface area contributed by atoms with Crippen molar-refractivity contribution in [3.05, 3.63) is 18.5 Å². The van der Waals surface area contributed by atoms with Crippen molar-refractivity contribution in [2.75, 3.05) is 17.6 Å². The Hall–Kier alpha value is -1.29. The van der Waals surface area contributed by atoms with Crippen LogP contribution in [-0.2, 0) is 0 Å². The van der Waals surface area contributed by atoms with Crippen molar-refractivity contribution >= 4 is 11.4 Å². The molecule has 0 spiro atoms. The average Bonchev–Trinajstić information content (AvgIpc) is 2.14. The van der Waals surface area contributed by atoms with Crippen LogP contribution in [0.15, 0.2) is 18.5 Å². The van der Waals surface area contributed by atoms with E-state index in [4.69, 9.17) is 5.73 Å². The van der Waals surface area contributed by atoms with Gasteiger partial charge in [0.2, 0.25) is 0 Å². The van der Waals surface area contributed by atoms with E-state index >= 15 is 0 Å². The molecule has 4 N–H and O–H groups in total. The van der Waals surface area contributed by atoms with E-state index in [1.807, 2.05) is 6.92 Å². The fourth-order valence-corrected chi connectivity index (χ4v) is 0.934. The summed E-state index contributed by atoms with van der Waals surface area (Å²) in [6.07, 6.45) is 3.68. The highest BCUT2D eigenvalue weighted by molar-refractivity contribution is 5.51. The number of nitrogens with one attached hydrogen (secondary N) is 1. The number of aliphatic hydroxyl groups is 1. The van der Waals surface area contributed by atoms with Crippen LogP contribution in [0, 0.1) is 0 Å². The van der Waals surface area contributed by atoms with E-state index in [9.17, 15) is 5.11 Å². The van der Waals surface area contributed by atoms with E-state index < -0.39 is 0 Å². The van der Waals surface area contributed by atoms with Crippen LogP contribution in [0.3, 0.4) is 0 Å². The number of nitrogens with two attached hydrogens (primary N) is 1. The van der Waals surface area contributed by atoms with E-state index in [0.29, 0.717) is 12.2 Å². The minimum atomic E-state index is -0.318. The molecule has 1 atom stereocenters. The van der Waals surface area contributed by atoms with E-state index in [0.717, 1.165) is 12.1 Å². The highest BCUT2D eigenvalue weighted by Crippen LogP contribution is 2.09. The molecule has 1 unspecified atom stereocenters. The average molecular weight is 181 g/mol. The molecule has 0 saturated heterocycles. The molecule has 4 nitrogen and oxygen atoms in total. The maximum absolute atomic E-state index is 9.27. The predicted molar refractivity (Wildman–Crippen MR) is 53.4 cm³/mol. The van der Waals surface area contributed by atoms with Gasteiger partial charge in [0.1, 0.15) is 0 Å². The molecule has 0 bridgehead atoms. The lowest BCUT2D eigenvalue weighted by molar-refractivity contribution is 0.183. The number of aliphatic hydroxyl groups excluding tert-OH is 1. The summed E-state index contributed by atoms with van der Waals surface area (Å²) in [7, 11) is 0. The molecule has 0 fully saturated rings. The second kappa shape index (κ2) is 4.67. The van der Waals surface area contributed by atoms with Gasteiger partial charge in [-0.2, -0.15) is 0 Å². The van der Waals surface area contributed by atoms with Gasteiger partial charge in [0.25, 0.3) is 0 Å². The molecule has 1 aromatic heterocycles. The first-order valence-electron chi connectivity index (χ1n) is 4.35. The minimum absolute atomic E-state index is 0.318. The molecule has 0 aliphatic heterocycles. The molecule has 0 aromatic carbocycles. The molecule has 1 rings (SSSR count). The van der Waals surface area contributed by atoms with E-state index in [1.54, 1.807) is 18.5 Å². The Kier molecular flexibility index (Phi) is 3.52. The van der Waals surface area contributed by atoms with Crippen LogP contribution in [0.5, 0.6) is 0 Å². The Labute approximate surface area is 77.8 Å². The molecule has 0 aliphatic carbocycles. The van der Waals surface area contributed by atoms with Crippen LogP contribution in [-0.4, -0.2) is 22.7 Å². The topological polar surface area (TPSA) is 71.2 Å². The fourth-order valence-electron chi connectivity index (χ4n) is 0.934. The predicted octanol–water partition coefficient (Wildman–Crippen LogP) is 0.847. The first-order chi connectivity index (χ1) is 6.22. The smallest absolute Gasteiger partial charge is 0.0709 e. The largest absolute Gasteiger partial charge is 0.397 e. The van der Waals surface area contributed by atoms with Gasteiger partial charge in [-0.3, -0.25) is 4.98 Å². The molecule has 0 aliphatic rings. The van der Waals surface area contributed by atoms with Gasteiger partial charge in [-0.05, 0) is 12.5 Å². The minimum Gasteiger partial charge on any atom is -0.397 e. The van der Waals surface area contributed by atoms with Crippen LogP contribution < -0.4 is 11.1 Å². The molecule has 4 heteroatoms. The lowest BCUT2D eigenvalue weighted by Gasteiger charge is -2.10. The Balaban J connectivity index is 2.45. The van der Waals surface area contributed by atoms with Gasteiger partial charge < -0.3 is 16.2 Å². The number of nitrogen functional groups attached to an aromatic ring is 1. The number of hydrogen-bond acceptors (Lipinski definition) is 4. The zero-order valence-corrected chi connectivity index (χ0v) is 7.70. The summed E-state index contributed by atoms with van der Waals surface area (Å²) in [6, 6.07) is 1.79. The molecule has 72 valence electrons. The third kappa shape index (κ3) is 3.29. The Bertz CT molecular complexity index is 265. The summed E-state index contributed by atoms with van der Waals surface area (Å²) in [5, 5.41) is 12.3. The quantitative estimate of drug-likeness (QED) is 0.644. The SMILES string of the molecule is CCC(O)CNc1cncc(N)c1. The lowest BCUT2D eigenvalue weighted by Crippen LogP contribution is -2.18. The van der Waals surface area contributed by atoms with Crippen LogP contribution in [0.1, 0.15) is 13.3 Å². The van der Waals surface area contributed by atoms with Crippen molar-refractivity contribution in [2.24, 2.45) is 0 Å². The molecule has 1 aromatic rings. The summed E-state index contributed by atoms with van der Waals surface area (Å²) in [6.45, 7) is 2.46. The highest BCUT2D eigenvalue weighted by atomic mass is 16.3. The van der Waals surface area contributed by atoms with Gasteiger partial charge in [-0.15, -0.1) is 0 Å². The number of aromatic nitrogens is 1. The first kappa shape index (κ1) is 9.80. The summed E-state index contributed by atoms with van der Waals surface area (Å²) in [5.41, 5.74) is 6.99. The van der Waals surface area contributed by atoms with Crippen molar-refractivity contribution in [3.8, 4) is 0 Å². The number of pyridine rings is 1. The molecule has 13 heavy (non-hydrogen) atoms. The van der Waals surface area contributed by atoms with Crippen molar-refractivity contribution in [3.63, 3.8) is 0 Å². The third-order valence-electron chi connectivity index (χ3n) is 1.77. The highest BCUT2D eigenvalue weighted by Gasteiger charge is 1.99. The van der Waals surface area contributed by atoms with Crippen LogP contribution in [0.25, 0.3) is 0 Å². The van der Waals surface area contributed by atoms with Crippen molar-refractivity contribution in [1.82, 2.24) is 4.98 Å². The molecule has 0 radical (unpaired) electrons. The number of rotatable bonds is 4. The van der Waals surface area contributed by atoms with Gasteiger partial charge >= 0.3 is 0 Å². The van der Waals surface area contributed by atoms with E-state index in [1.165, 1.54) is 0 Å². The van der Waals surface area contributed by atoms with Gasteiger partial charge in [-0.25, -0.2) is 0 Å². The van der Waals surface area contributed by atoms with E-state index in [2.05, 4.69) is 10.3 Å². The number of hydrogen-bond donors (Lipinski definition) is 3. The molecule has 0 saturated carbocycles. The second-order valence-corrected chi connectivity index (χ2v) is 2.95. The molecule has 1 heterocycles. The maximum Gasteiger partial charge on any atom is 0.0709 e. The molecular formula is C9H15N3O. The van der Waals surface area contributed by atoms with Crippen LogP contribution in [0.4, 0.5) is 11.4 Å². The third-order valence-corrected chi connectivity index (χ3v) is 1.77. The maximum atomic E-state index is 9.27. The number of nitrogens with zero attached hydrogens (tertiary/aromatic N) is 1. The van der Waals surface area contributed by atoms with Crippen LogP contribution >= 0.6 is 0 Å². The zero-order valence-electron chi connectivity index (χ0n) is 7.70. The van der Waals surface area contributed by atoms with E-state index in [-0.39, 0.29) is 6.10 Å². The normalized spacial score (nSPS) is 12.5. The van der Waals surface area contributed by atoms with Gasteiger partial charge in [0, 0.05) is 12.7 Å². The summed E-state index contributed by atoms with van der Waals surface area (Å²) in [5.74, 6) is 0. The first-order valence-corrected chi connectivity index (χ1v) is 4.35. The summed E-state index contributed by atoms with van der Waals surface area (Å²) < 4.78 is 0. The van der Waals surface area contributed by atoms with Gasteiger partial charge in [-0.1, -0.05) is 6.92 Å². The second-order valence-electron chi connectivity index (χ2n) is 2.95. The Morgan fingerprint density at radius 3 is 3.00 bits per heavy atom. The summed E-state index contributed by atoms with van der Waals surface area (Å²) in [4.78, 5) is 3.92. The van der Waals surface area contributed by atoms with Crippen molar-refractivity contribution < 1.29 is 5.11 Å². The molecular weight excluding hydrogens is 166 g/mol. The Morgan fingerprint density at radius 1 is 1.62 bits per heavy atom. The van der Waals surface area contributed by atoms with Crippen molar-refractivity contribution in [2.45, 2.75) is 19.4 Å². The molecule has 0 amide bonds. The summed E-state index contributed by atoms with van der Waals surface area (Å²) >= 11 is 0.